The topological polar surface area (TPSA) is 88.3 Å². The summed E-state index contributed by atoms with van der Waals surface area (Å²) >= 11 is 5.85. The molecule has 0 saturated heterocycles. The molecule has 2 N–H and O–H groups in total. The number of halogens is 1. The molecule has 1 amide bonds. The van der Waals surface area contributed by atoms with Gasteiger partial charge in [0.15, 0.2) is 5.78 Å². The van der Waals surface area contributed by atoms with Crippen LogP contribution in [0.4, 0.5) is 5.69 Å². The molecule has 2 aromatic carbocycles. The van der Waals surface area contributed by atoms with Gasteiger partial charge in [-0.15, -0.1) is 0 Å². The van der Waals surface area contributed by atoms with Crippen LogP contribution in [-0.4, -0.2) is 23.8 Å². The molecular formula is C23H19ClN2O4. The number of aromatic nitrogens is 1. The third kappa shape index (κ3) is 4.00. The number of methoxy groups -OCH3 is 1. The predicted molar refractivity (Wildman–Crippen MR) is 115 cm³/mol. The van der Waals surface area contributed by atoms with Gasteiger partial charge in [0.2, 0.25) is 0 Å². The Hall–Kier alpha value is -3.38. The molecule has 1 heterocycles. The first-order valence-electron chi connectivity index (χ1n) is 9.45. The second-order valence-corrected chi connectivity index (χ2v) is 7.60. The van der Waals surface area contributed by atoms with Crippen LogP contribution in [0.5, 0.6) is 5.75 Å². The summed E-state index contributed by atoms with van der Waals surface area (Å²) in [5.74, 6) is 0.0200. The van der Waals surface area contributed by atoms with Crippen molar-refractivity contribution < 1.29 is 14.3 Å². The maximum absolute atomic E-state index is 12.8. The van der Waals surface area contributed by atoms with E-state index in [0.29, 0.717) is 34.8 Å². The quantitative estimate of drug-likeness (QED) is 0.659. The Morgan fingerprint density at radius 1 is 1.07 bits per heavy atom. The van der Waals surface area contributed by atoms with Crippen LogP contribution in [0.2, 0.25) is 5.02 Å². The van der Waals surface area contributed by atoms with Gasteiger partial charge in [0.25, 0.3) is 11.5 Å². The van der Waals surface area contributed by atoms with E-state index in [4.69, 9.17) is 16.3 Å². The van der Waals surface area contributed by atoms with Crippen molar-refractivity contribution in [2.75, 3.05) is 12.4 Å². The normalized spacial score (nSPS) is 15.4. The first kappa shape index (κ1) is 19.9. The fraction of sp³-hybridized carbons (Fsp3) is 0.174. The maximum Gasteiger partial charge on any atom is 0.261 e. The van der Waals surface area contributed by atoms with Gasteiger partial charge in [-0.2, -0.15) is 0 Å². The maximum atomic E-state index is 12.8. The minimum atomic E-state index is -0.577. The van der Waals surface area contributed by atoms with E-state index in [1.165, 1.54) is 6.07 Å². The third-order valence-electron chi connectivity index (χ3n) is 5.24. The van der Waals surface area contributed by atoms with Crippen LogP contribution >= 0.6 is 11.6 Å². The fourth-order valence-corrected chi connectivity index (χ4v) is 3.77. The minimum absolute atomic E-state index is 0.0414. The summed E-state index contributed by atoms with van der Waals surface area (Å²) in [6.07, 6.45) is 0.825. The number of amides is 1. The van der Waals surface area contributed by atoms with Crippen molar-refractivity contribution in [2.24, 2.45) is 0 Å². The van der Waals surface area contributed by atoms with Crippen LogP contribution < -0.4 is 15.6 Å². The highest BCUT2D eigenvalue weighted by atomic mass is 35.5. The van der Waals surface area contributed by atoms with Crippen LogP contribution in [0.25, 0.3) is 0 Å². The molecule has 0 bridgehead atoms. The number of fused-ring (bicyclic) bond motifs is 1. The van der Waals surface area contributed by atoms with Gasteiger partial charge in [0, 0.05) is 28.4 Å². The van der Waals surface area contributed by atoms with Gasteiger partial charge < -0.3 is 15.0 Å². The molecule has 152 valence electrons. The molecule has 0 spiro atoms. The lowest BCUT2D eigenvalue weighted by Gasteiger charge is -2.24. The summed E-state index contributed by atoms with van der Waals surface area (Å²) in [6, 6.07) is 15.5. The summed E-state index contributed by atoms with van der Waals surface area (Å²) in [7, 11) is 1.60. The van der Waals surface area contributed by atoms with Crippen molar-refractivity contribution in [3.8, 4) is 5.75 Å². The number of H-pyrrole nitrogens is 1. The second kappa shape index (κ2) is 8.16. The smallest absolute Gasteiger partial charge is 0.261 e. The molecule has 1 aromatic heterocycles. The van der Waals surface area contributed by atoms with E-state index in [1.807, 2.05) is 24.3 Å². The largest absolute Gasteiger partial charge is 0.497 e. The zero-order chi connectivity index (χ0) is 21.3. The van der Waals surface area contributed by atoms with Crippen molar-refractivity contribution in [3.05, 3.63) is 92.4 Å². The predicted octanol–water partition coefficient (Wildman–Crippen LogP) is 4.20. The van der Waals surface area contributed by atoms with Gasteiger partial charge in [-0.25, -0.2) is 0 Å². The Kier molecular flexibility index (Phi) is 5.42. The molecule has 0 saturated carbocycles. The number of nitrogens with one attached hydrogen (secondary N) is 2. The Bertz CT molecular complexity index is 1170. The van der Waals surface area contributed by atoms with Crippen molar-refractivity contribution in [1.29, 1.82) is 0 Å². The van der Waals surface area contributed by atoms with Gasteiger partial charge in [-0.05, 0) is 60.4 Å². The lowest BCUT2D eigenvalue weighted by Crippen LogP contribution is -2.29. The summed E-state index contributed by atoms with van der Waals surface area (Å²) in [6.45, 7) is 0. The summed E-state index contributed by atoms with van der Waals surface area (Å²) < 4.78 is 5.17. The van der Waals surface area contributed by atoms with E-state index in [0.717, 1.165) is 11.3 Å². The Morgan fingerprint density at radius 2 is 1.77 bits per heavy atom. The molecule has 0 fully saturated rings. The average molecular weight is 423 g/mol. The summed E-state index contributed by atoms with van der Waals surface area (Å²) in [5.41, 5.74) is 1.83. The molecule has 7 heteroatoms. The first-order chi connectivity index (χ1) is 14.4. The molecule has 1 unspecified atom stereocenters. The number of aromatic amines is 1. The van der Waals surface area contributed by atoms with E-state index < -0.39 is 11.5 Å². The number of carbonyl (C=O) groups excluding carboxylic acids is 2. The lowest BCUT2D eigenvalue weighted by molar-refractivity contribution is 0.0963. The molecule has 4 rings (SSSR count). The van der Waals surface area contributed by atoms with E-state index in [2.05, 4.69) is 10.3 Å². The number of rotatable bonds is 4. The molecule has 3 aromatic rings. The number of Topliss-reactive ketones (excluding diaryl/α,β-unsaturated/α-hetero) is 1. The molecule has 1 aliphatic rings. The first-order valence-corrected chi connectivity index (χ1v) is 9.82. The molecular weight excluding hydrogens is 404 g/mol. The second-order valence-electron chi connectivity index (χ2n) is 7.17. The Balaban J connectivity index is 1.59. The van der Waals surface area contributed by atoms with Gasteiger partial charge in [-0.3, -0.25) is 14.4 Å². The molecule has 1 aliphatic carbocycles. The molecule has 0 radical (unpaired) electrons. The van der Waals surface area contributed by atoms with Crippen molar-refractivity contribution >= 4 is 29.0 Å². The van der Waals surface area contributed by atoms with Gasteiger partial charge in [0.05, 0.1) is 7.11 Å². The van der Waals surface area contributed by atoms with Gasteiger partial charge in [-0.1, -0.05) is 23.7 Å². The van der Waals surface area contributed by atoms with E-state index >= 15 is 0 Å². The number of hydrogen-bond acceptors (Lipinski definition) is 4. The number of pyridine rings is 1. The average Bonchev–Trinajstić information content (AvgIpc) is 2.74. The van der Waals surface area contributed by atoms with E-state index in [-0.39, 0.29) is 17.3 Å². The van der Waals surface area contributed by atoms with Crippen molar-refractivity contribution in [3.63, 3.8) is 0 Å². The SMILES string of the molecule is COc1ccc(C2CC(=O)c3cc(C(=O)Nc4ccc(Cl)cc4)c(=O)[nH]c3C2)cc1. The number of ether oxygens (including phenoxy) is 1. The van der Waals surface area contributed by atoms with Crippen LogP contribution in [0.1, 0.15) is 44.3 Å². The Labute approximate surface area is 177 Å². The third-order valence-corrected chi connectivity index (χ3v) is 5.49. The monoisotopic (exact) mass is 422 g/mol. The number of carbonyl (C=O) groups is 2. The van der Waals surface area contributed by atoms with Crippen molar-refractivity contribution in [1.82, 2.24) is 4.98 Å². The van der Waals surface area contributed by atoms with E-state index in [1.54, 1.807) is 31.4 Å². The van der Waals surface area contributed by atoms with Gasteiger partial charge >= 0.3 is 0 Å². The van der Waals surface area contributed by atoms with Crippen LogP contribution in [-0.2, 0) is 6.42 Å². The molecule has 1 atom stereocenters. The highest BCUT2D eigenvalue weighted by Crippen LogP contribution is 2.32. The van der Waals surface area contributed by atoms with Crippen LogP contribution in [0.3, 0.4) is 0 Å². The number of anilines is 1. The molecule has 6 nitrogen and oxygen atoms in total. The highest BCUT2D eigenvalue weighted by molar-refractivity contribution is 6.30. The zero-order valence-electron chi connectivity index (χ0n) is 16.2. The molecule has 30 heavy (non-hydrogen) atoms. The van der Waals surface area contributed by atoms with E-state index in [9.17, 15) is 14.4 Å². The van der Waals surface area contributed by atoms with Crippen molar-refractivity contribution in [2.45, 2.75) is 18.8 Å². The number of hydrogen-bond donors (Lipinski definition) is 2. The minimum Gasteiger partial charge on any atom is -0.497 e. The van der Waals surface area contributed by atoms with Gasteiger partial charge in [0.1, 0.15) is 11.3 Å². The highest BCUT2D eigenvalue weighted by Gasteiger charge is 2.29. The number of ketones is 1. The number of benzene rings is 2. The fourth-order valence-electron chi connectivity index (χ4n) is 3.64. The van der Waals surface area contributed by atoms with Crippen LogP contribution in [0.15, 0.2) is 59.4 Å². The van der Waals surface area contributed by atoms with Crippen LogP contribution in [0, 0.1) is 0 Å². The standard InChI is InChI=1S/C23H19ClN2O4/c1-30-17-8-2-13(3-9-17)14-10-20-18(21(27)11-14)12-19(23(29)26-20)22(28)25-16-6-4-15(24)5-7-16/h2-9,12,14H,10-11H2,1H3,(H,25,28)(H,26,29). The molecule has 0 aliphatic heterocycles. The Morgan fingerprint density at radius 3 is 2.43 bits per heavy atom. The summed E-state index contributed by atoms with van der Waals surface area (Å²) in [5, 5.41) is 3.19. The summed E-state index contributed by atoms with van der Waals surface area (Å²) in [4.78, 5) is 40.6. The zero-order valence-corrected chi connectivity index (χ0v) is 17.0. The lowest BCUT2D eigenvalue weighted by atomic mass is 9.81.